The van der Waals surface area contributed by atoms with Crippen LogP contribution in [0, 0.1) is 6.92 Å². The molecule has 6 heteroatoms. The first kappa shape index (κ1) is 19.2. The molecule has 0 aliphatic carbocycles. The smallest absolute Gasteiger partial charge is 0.354 e. The van der Waals surface area contributed by atoms with Gasteiger partial charge in [-0.15, -0.1) is 0 Å². The number of hydrogen-bond acceptors (Lipinski definition) is 5. The van der Waals surface area contributed by atoms with Gasteiger partial charge in [0.25, 0.3) is 0 Å². The number of hydrogen-bond donors (Lipinski definition) is 2. The van der Waals surface area contributed by atoms with Gasteiger partial charge in [-0.1, -0.05) is 18.2 Å². The van der Waals surface area contributed by atoms with Gasteiger partial charge in [-0.2, -0.15) is 0 Å². The van der Waals surface area contributed by atoms with Crippen molar-refractivity contribution >= 4 is 17.5 Å². The molecule has 3 rings (SSSR count). The highest BCUT2D eigenvalue weighted by atomic mass is 16.4. The van der Waals surface area contributed by atoms with Crippen molar-refractivity contribution in [1.29, 1.82) is 0 Å². The Hall–Kier alpha value is -2.60. The highest BCUT2D eigenvalue weighted by Crippen LogP contribution is 2.18. The van der Waals surface area contributed by atoms with Crippen molar-refractivity contribution in [1.82, 2.24) is 9.88 Å². The summed E-state index contributed by atoms with van der Waals surface area (Å²) in [5.74, 6) is -0.370. The van der Waals surface area contributed by atoms with E-state index in [4.69, 9.17) is 5.11 Å². The lowest BCUT2D eigenvalue weighted by molar-refractivity contribution is 0.0690. The molecular formula is C21H28N4O2. The standard InChI is InChI=1S/C21H28N4O2/c1-17-6-4-7-18(16-17)25-14-12-24(13-15-25)11-3-2-10-22-20-9-5-8-19(23-20)21(26)27/h4-9,16H,2-3,10-15H2,1H3,(H,22,23)(H,26,27). The summed E-state index contributed by atoms with van der Waals surface area (Å²) in [4.78, 5) is 20.0. The highest BCUT2D eigenvalue weighted by molar-refractivity contribution is 5.85. The molecule has 2 aromatic rings. The number of carbonyl (C=O) groups is 1. The van der Waals surface area contributed by atoms with E-state index >= 15 is 0 Å². The Morgan fingerprint density at radius 2 is 1.89 bits per heavy atom. The van der Waals surface area contributed by atoms with E-state index in [-0.39, 0.29) is 5.69 Å². The molecule has 27 heavy (non-hydrogen) atoms. The lowest BCUT2D eigenvalue weighted by atomic mass is 10.2. The molecule has 0 radical (unpaired) electrons. The van der Waals surface area contributed by atoms with E-state index in [1.54, 1.807) is 12.1 Å². The van der Waals surface area contributed by atoms with Crippen molar-refractivity contribution in [2.75, 3.05) is 49.5 Å². The second-order valence-corrected chi connectivity index (χ2v) is 7.01. The number of piperazine rings is 1. The molecule has 1 aromatic heterocycles. The third-order valence-electron chi connectivity index (χ3n) is 4.91. The highest BCUT2D eigenvalue weighted by Gasteiger charge is 2.16. The molecule has 6 nitrogen and oxygen atoms in total. The first-order valence-electron chi connectivity index (χ1n) is 9.60. The summed E-state index contributed by atoms with van der Waals surface area (Å²) in [5.41, 5.74) is 2.72. The maximum absolute atomic E-state index is 10.9. The quantitative estimate of drug-likeness (QED) is 0.698. The van der Waals surface area contributed by atoms with Crippen LogP contribution in [-0.2, 0) is 0 Å². The Bertz CT molecular complexity index is 757. The van der Waals surface area contributed by atoms with Gasteiger partial charge in [0.05, 0.1) is 0 Å². The number of carboxylic acid groups (broad SMARTS) is 1. The zero-order valence-electron chi connectivity index (χ0n) is 15.9. The Kier molecular flexibility index (Phi) is 6.65. The average molecular weight is 368 g/mol. The van der Waals surface area contributed by atoms with Gasteiger partial charge in [0, 0.05) is 38.4 Å². The normalized spacial score (nSPS) is 14.9. The topological polar surface area (TPSA) is 68.7 Å². The fourth-order valence-electron chi connectivity index (χ4n) is 3.38. The van der Waals surface area contributed by atoms with Gasteiger partial charge in [-0.05, 0) is 56.1 Å². The molecule has 0 saturated carbocycles. The number of nitrogens with one attached hydrogen (secondary N) is 1. The molecule has 0 atom stereocenters. The van der Waals surface area contributed by atoms with Crippen LogP contribution < -0.4 is 10.2 Å². The Morgan fingerprint density at radius 3 is 2.63 bits per heavy atom. The third kappa shape index (κ3) is 5.69. The Balaban J connectivity index is 1.33. The fraction of sp³-hybridized carbons (Fsp3) is 0.429. The van der Waals surface area contributed by atoms with Crippen LogP contribution in [0.3, 0.4) is 0 Å². The van der Waals surface area contributed by atoms with Crippen LogP contribution in [0.2, 0.25) is 0 Å². The number of aromatic nitrogens is 1. The largest absolute Gasteiger partial charge is 0.477 e. The zero-order valence-corrected chi connectivity index (χ0v) is 15.9. The second kappa shape index (κ2) is 9.37. The van der Waals surface area contributed by atoms with Crippen LogP contribution in [0.15, 0.2) is 42.5 Å². The maximum atomic E-state index is 10.9. The van der Waals surface area contributed by atoms with E-state index in [0.29, 0.717) is 5.82 Å². The summed E-state index contributed by atoms with van der Waals surface area (Å²) < 4.78 is 0. The van der Waals surface area contributed by atoms with Crippen molar-refractivity contribution in [2.24, 2.45) is 0 Å². The number of nitrogens with zero attached hydrogens (tertiary/aromatic N) is 3. The number of rotatable bonds is 8. The van der Waals surface area contributed by atoms with Gasteiger partial charge >= 0.3 is 5.97 Å². The van der Waals surface area contributed by atoms with Gasteiger partial charge in [-0.3, -0.25) is 4.90 Å². The molecule has 0 unspecified atom stereocenters. The molecule has 2 heterocycles. The maximum Gasteiger partial charge on any atom is 0.354 e. The number of unbranched alkanes of at least 4 members (excludes halogenated alkanes) is 1. The summed E-state index contributed by atoms with van der Waals surface area (Å²) in [5, 5.41) is 12.2. The minimum Gasteiger partial charge on any atom is -0.477 e. The van der Waals surface area contributed by atoms with Gasteiger partial charge in [0.1, 0.15) is 5.82 Å². The molecule has 0 spiro atoms. The van der Waals surface area contributed by atoms with Gasteiger partial charge in [0.2, 0.25) is 0 Å². The first-order valence-corrected chi connectivity index (χ1v) is 9.60. The minimum atomic E-state index is -0.997. The number of pyridine rings is 1. The summed E-state index contributed by atoms with van der Waals surface area (Å²) in [6.45, 7) is 8.40. The molecule has 1 aromatic carbocycles. The van der Waals surface area contributed by atoms with E-state index in [1.165, 1.54) is 17.3 Å². The first-order chi connectivity index (χ1) is 13.1. The van der Waals surface area contributed by atoms with Crippen molar-refractivity contribution in [3.8, 4) is 0 Å². The van der Waals surface area contributed by atoms with Gasteiger partial charge in [0.15, 0.2) is 5.69 Å². The van der Waals surface area contributed by atoms with Crippen LogP contribution in [0.5, 0.6) is 0 Å². The number of carboxylic acids is 1. The number of anilines is 2. The summed E-state index contributed by atoms with van der Waals surface area (Å²) in [6, 6.07) is 13.7. The fourth-order valence-corrected chi connectivity index (χ4v) is 3.38. The predicted molar refractivity (Wildman–Crippen MR) is 109 cm³/mol. The number of benzene rings is 1. The van der Waals surface area contributed by atoms with Crippen LogP contribution in [-0.4, -0.2) is 60.2 Å². The summed E-state index contributed by atoms with van der Waals surface area (Å²) in [6.07, 6.45) is 2.16. The van der Waals surface area contributed by atoms with Gasteiger partial charge < -0.3 is 15.3 Å². The lowest BCUT2D eigenvalue weighted by Gasteiger charge is -2.36. The van der Waals surface area contributed by atoms with Crippen molar-refractivity contribution < 1.29 is 9.90 Å². The second-order valence-electron chi connectivity index (χ2n) is 7.01. The molecule has 1 fully saturated rings. The molecule has 0 bridgehead atoms. The van der Waals surface area contributed by atoms with Crippen molar-refractivity contribution in [2.45, 2.75) is 19.8 Å². The predicted octanol–water partition coefficient (Wildman–Crippen LogP) is 3.10. The molecule has 0 amide bonds. The van der Waals surface area contributed by atoms with Crippen LogP contribution in [0.25, 0.3) is 0 Å². The summed E-state index contributed by atoms with van der Waals surface area (Å²) in [7, 11) is 0. The SMILES string of the molecule is Cc1cccc(N2CCN(CCCCNc3cccc(C(=O)O)n3)CC2)c1. The molecule has 1 aliphatic rings. The van der Waals surface area contributed by atoms with Crippen LogP contribution in [0.1, 0.15) is 28.9 Å². The number of aromatic carboxylic acids is 1. The van der Waals surface area contributed by atoms with Crippen LogP contribution >= 0.6 is 0 Å². The third-order valence-corrected chi connectivity index (χ3v) is 4.91. The van der Waals surface area contributed by atoms with Crippen molar-refractivity contribution in [3.05, 3.63) is 53.7 Å². The van der Waals surface area contributed by atoms with E-state index in [9.17, 15) is 4.79 Å². The Labute approximate surface area is 160 Å². The van der Waals surface area contributed by atoms with E-state index in [1.807, 2.05) is 0 Å². The average Bonchev–Trinajstić information content (AvgIpc) is 2.68. The van der Waals surface area contributed by atoms with E-state index in [0.717, 1.165) is 52.1 Å². The van der Waals surface area contributed by atoms with Crippen LogP contribution in [0.4, 0.5) is 11.5 Å². The molecule has 2 N–H and O–H groups in total. The van der Waals surface area contributed by atoms with Gasteiger partial charge in [-0.25, -0.2) is 9.78 Å². The number of aryl methyl sites for hydroxylation is 1. The molecule has 1 saturated heterocycles. The lowest BCUT2D eigenvalue weighted by Crippen LogP contribution is -2.46. The summed E-state index contributed by atoms with van der Waals surface area (Å²) >= 11 is 0. The minimum absolute atomic E-state index is 0.0754. The monoisotopic (exact) mass is 368 g/mol. The molecule has 144 valence electrons. The van der Waals surface area contributed by atoms with Crippen molar-refractivity contribution in [3.63, 3.8) is 0 Å². The zero-order chi connectivity index (χ0) is 19.1. The molecular weight excluding hydrogens is 340 g/mol. The Morgan fingerprint density at radius 1 is 1.11 bits per heavy atom. The van der Waals surface area contributed by atoms with E-state index < -0.39 is 5.97 Å². The van der Waals surface area contributed by atoms with E-state index in [2.05, 4.69) is 51.3 Å². The molecule has 1 aliphatic heterocycles.